The van der Waals surface area contributed by atoms with Gasteiger partial charge in [0, 0.05) is 23.3 Å². The molecule has 2 aromatic rings. The van der Waals surface area contributed by atoms with Gasteiger partial charge in [-0.25, -0.2) is 0 Å². The van der Waals surface area contributed by atoms with Crippen molar-refractivity contribution in [3.8, 4) is 0 Å². The average Bonchev–Trinajstić information content (AvgIpc) is 2.77. The van der Waals surface area contributed by atoms with Crippen molar-refractivity contribution in [2.45, 2.75) is 59.7 Å². The molecule has 0 aliphatic rings. The van der Waals surface area contributed by atoms with E-state index in [1.807, 2.05) is 6.20 Å². The van der Waals surface area contributed by atoms with Gasteiger partial charge in [0.1, 0.15) is 0 Å². The molecule has 1 aromatic carbocycles. The second kappa shape index (κ2) is 6.44. The minimum Gasteiger partial charge on any atom is -0.308 e. The highest BCUT2D eigenvalue weighted by Gasteiger charge is 2.13. The van der Waals surface area contributed by atoms with E-state index in [0.717, 1.165) is 19.5 Å². The van der Waals surface area contributed by atoms with Crippen LogP contribution in [0.25, 0.3) is 0 Å². The normalized spacial score (nSPS) is 11.9. The molecule has 1 heterocycles. The summed E-state index contributed by atoms with van der Waals surface area (Å²) < 4.78 is 2.13. The molecule has 0 atom stereocenters. The van der Waals surface area contributed by atoms with Crippen LogP contribution in [-0.4, -0.2) is 15.3 Å². The van der Waals surface area contributed by atoms with Crippen molar-refractivity contribution in [1.29, 1.82) is 0 Å². The van der Waals surface area contributed by atoms with Crippen LogP contribution in [0.1, 0.15) is 50.1 Å². The van der Waals surface area contributed by atoms with Crippen molar-refractivity contribution in [1.82, 2.24) is 15.1 Å². The number of aromatic nitrogens is 2. The molecule has 3 nitrogen and oxygen atoms in total. The van der Waals surface area contributed by atoms with Gasteiger partial charge < -0.3 is 5.32 Å². The fourth-order valence-corrected chi connectivity index (χ4v) is 2.49. The zero-order valence-electron chi connectivity index (χ0n) is 13.9. The van der Waals surface area contributed by atoms with Crippen LogP contribution in [0.4, 0.5) is 0 Å². The van der Waals surface area contributed by atoms with Crippen LogP contribution in [0, 0.1) is 6.92 Å². The summed E-state index contributed by atoms with van der Waals surface area (Å²) in [5, 5.41) is 8.14. The number of benzene rings is 1. The Hall–Kier alpha value is -1.61. The molecule has 0 fully saturated rings. The van der Waals surface area contributed by atoms with Gasteiger partial charge in [0.05, 0.1) is 12.7 Å². The molecule has 0 aliphatic heterocycles. The first-order valence-electron chi connectivity index (χ1n) is 7.73. The van der Waals surface area contributed by atoms with Crippen molar-refractivity contribution in [3.05, 3.63) is 52.8 Å². The van der Waals surface area contributed by atoms with E-state index >= 15 is 0 Å². The molecule has 0 saturated carbocycles. The lowest BCUT2D eigenvalue weighted by atomic mass is 10.1. The largest absolute Gasteiger partial charge is 0.308 e. The van der Waals surface area contributed by atoms with E-state index in [4.69, 9.17) is 0 Å². The third-order valence-corrected chi connectivity index (χ3v) is 3.59. The number of nitrogens with zero attached hydrogens (tertiary/aromatic N) is 2. The van der Waals surface area contributed by atoms with Gasteiger partial charge in [-0.2, -0.15) is 5.10 Å². The van der Waals surface area contributed by atoms with E-state index in [1.165, 1.54) is 22.4 Å². The quantitative estimate of drug-likeness (QED) is 0.908. The molecule has 1 aromatic heterocycles. The summed E-state index contributed by atoms with van der Waals surface area (Å²) in [6.07, 6.45) is 3.01. The number of rotatable bonds is 5. The molecule has 3 heteroatoms. The van der Waals surface area contributed by atoms with Crippen molar-refractivity contribution < 1.29 is 0 Å². The van der Waals surface area contributed by atoms with Crippen molar-refractivity contribution >= 4 is 0 Å². The first kappa shape index (κ1) is 15.8. The van der Waals surface area contributed by atoms with Crippen LogP contribution in [0.15, 0.2) is 30.5 Å². The Labute approximate surface area is 128 Å². The molecule has 0 aliphatic carbocycles. The molecule has 21 heavy (non-hydrogen) atoms. The summed E-state index contributed by atoms with van der Waals surface area (Å²) in [4.78, 5) is 0. The summed E-state index contributed by atoms with van der Waals surface area (Å²) in [7, 11) is 0. The number of aryl methyl sites for hydroxylation is 1. The van der Waals surface area contributed by atoms with Crippen molar-refractivity contribution in [2.75, 3.05) is 0 Å². The molecular weight excluding hydrogens is 258 g/mol. The topological polar surface area (TPSA) is 29.9 Å². The van der Waals surface area contributed by atoms with Gasteiger partial charge >= 0.3 is 0 Å². The van der Waals surface area contributed by atoms with Gasteiger partial charge in [-0.3, -0.25) is 4.68 Å². The van der Waals surface area contributed by atoms with Crippen LogP contribution < -0.4 is 5.32 Å². The predicted octanol–water partition coefficient (Wildman–Crippen LogP) is 3.69. The molecule has 0 amide bonds. The molecule has 1 N–H and O–H groups in total. The highest BCUT2D eigenvalue weighted by molar-refractivity contribution is 5.24. The van der Waals surface area contributed by atoms with E-state index in [1.54, 1.807) is 0 Å². The summed E-state index contributed by atoms with van der Waals surface area (Å²) in [5.41, 5.74) is 5.37. The van der Waals surface area contributed by atoms with Crippen LogP contribution >= 0.6 is 0 Å². The number of hydrogen-bond acceptors (Lipinski definition) is 2. The maximum absolute atomic E-state index is 4.59. The second-order valence-electron chi connectivity index (χ2n) is 6.72. The Balaban J connectivity index is 2.15. The molecule has 2 rings (SSSR count). The van der Waals surface area contributed by atoms with E-state index in [2.05, 4.69) is 74.0 Å². The average molecular weight is 285 g/mol. The van der Waals surface area contributed by atoms with Crippen LogP contribution in [0.5, 0.6) is 0 Å². The van der Waals surface area contributed by atoms with E-state index in [9.17, 15) is 0 Å². The maximum atomic E-state index is 4.59. The molecule has 0 radical (unpaired) electrons. The molecule has 0 spiro atoms. The highest BCUT2D eigenvalue weighted by atomic mass is 15.3. The van der Waals surface area contributed by atoms with E-state index < -0.39 is 0 Å². The fourth-order valence-electron chi connectivity index (χ4n) is 2.49. The molecule has 0 saturated heterocycles. The predicted molar refractivity (Wildman–Crippen MR) is 88.5 cm³/mol. The Kier molecular flexibility index (Phi) is 4.84. The van der Waals surface area contributed by atoms with Crippen LogP contribution in [-0.2, 0) is 19.5 Å². The highest BCUT2D eigenvalue weighted by Crippen LogP contribution is 2.14. The SMILES string of the molecule is CCc1c(CNC(C)(C)C)cnn1Cc1cccc(C)c1. The van der Waals surface area contributed by atoms with Gasteiger partial charge in [0.2, 0.25) is 0 Å². The zero-order chi connectivity index (χ0) is 15.5. The van der Waals surface area contributed by atoms with Gasteiger partial charge in [0.15, 0.2) is 0 Å². The van der Waals surface area contributed by atoms with Gasteiger partial charge in [-0.05, 0) is 39.7 Å². The van der Waals surface area contributed by atoms with Crippen molar-refractivity contribution in [3.63, 3.8) is 0 Å². The van der Waals surface area contributed by atoms with Crippen molar-refractivity contribution in [2.24, 2.45) is 0 Å². The van der Waals surface area contributed by atoms with E-state index in [0.29, 0.717) is 0 Å². The first-order chi connectivity index (χ1) is 9.89. The summed E-state index contributed by atoms with van der Waals surface area (Å²) >= 11 is 0. The standard InChI is InChI=1S/C18H27N3/c1-6-17-16(11-19-18(3,4)5)12-20-21(17)13-15-9-7-8-14(2)10-15/h7-10,12,19H,6,11,13H2,1-5H3. The lowest BCUT2D eigenvalue weighted by molar-refractivity contribution is 0.423. The number of hydrogen-bond donors (Lipinski definition) is 1. The van der Waals surface area contributed by atoms with E-state index in [-0.39, 0.29) is 5.54 Å². The lowest BCUT2D eigenvalue weighted by Gasteiger charge is -2.20. The first-order valence-corrected chi connectivity index (χ1v) is 7.73. The molecule has 114 valence electrons. The summed E-state index contributed by atoms with van der Waals surface area (Å²) in [5.74, 6) is 0. The summed E-state index contributed by atoms with van der Waals surface area (Å²) in [6.45, 7) is 12.6. The smallest absolute Gasteiger partial charge is 0.0662 e. The lowest BCUT2D eigenvalue weighted by Crippen LogP contribution is -2.35. The Morgan fingerprint density at radius 1 is 1.24 bits per heavy atom. The minimum absolute atomic E-state index is 0.129. The van der Waals surface area contributed by atoms with Gasteiger partial charge in [-0.1, -0.05) is 36.8 Å². The molecule has 0 unspecified atom stereocenters. The van der Waals surface area contributed by atoms with Gasteiger partial charge in [0.25, 0.3) is 0 Å². The van der Waals surface area contributed by atoms with Crippen LogP contribution in [0.2, 0.25) is 0 Å². The van der Waals surface area contributed by atoms with Crippen LogP contribution in [0.3, 0.4) is 0 Å². The van der Waals surface area contributed by atoms with Gasteiger partial charge in [-0.15, -0.1) is 0 Å². The molecule has 0 bridgehead atoms. The zero-order valence-corrected chi connectivity index (χ0v) is 13.9. The maximum Gasteiger partial charge on any atom is 0.0662 e. The fraction of sp³-hybridized carbons (Fsp3) is 0.500. The number of nitrogens with one attached hydrogen (secondary N) is 1. The minimum atomic E-state index is 0.129. The Bertz CT molecular complexity index is 591. The monoisotopic (exact) mass is 285 g/mol. The summed E-state index contributed by atoms with van der Waals surface area (Å²) in [6, 6.07) is 8.64. The Morgan fingerprint density at radius 3 is 2.62 bits per heavy atom. The second-order valence-corrected chi connectivity index (χ2v) is 6.72. The third-order valence-electron chi connectivity index (χ3n) is 3.59. The third kappa shape index (κ3) is 4.43. The molecular formula is C18H27N3. The Morgan fingerprint density at radius 2 is 2.00 bits per heavy atom.